The van der Waals surface area contributed by atoms with Gasteiger partial charge in [0.05, 0.1) is 0 Å². The smallest absolute Gasteiger partial charge is 0.132 e. The second-order valence-corrected chi connectivity index (χ2v) is 4.02. The zero-order chi connectivity index (χ0) is 11.8. The fraction of sp³-hybridized carbons (Fsp3) is 0.429. The molecule has 0 saturated heterocycles. The van der Waals surface area contributed by atoms with Gasteiger partial charge in [-0.05, 0) is 18.4 Å². The third kappa shape index (κ3) is 4.39. The van der Waals surface area contributed by atoms with Crippen LogP contribution < -0.4 is 0 Å². The molecule has 1 rings (SSSR count). The molecule has 1 aromatic rings. The zero-order valence-electron chi connectivity index (χ0n) is 9.69. The summed E-state index contributed by atoms with van der Waals surface area (Å²) in [5, 5.41) is 0. The molecule has 0 aliphatic heterocycles. The SMILES string of the molecule is CCC(=O)CC[C@H](C=O)Cc1ccccc1. The summed E-state index contributed by atoms with van der Waals surface area (Å²) in [6.45, 7) is 1.86. The Balaban J connectivity index is 2.43. The van der Waals surface area contributed by atoms with Crippen molar-refractivity contribution < 1.29 is 9.59 Å². The molecule has 2 nitrogen and oxygen atoms in total. The molecule has 16 heavy (non-hydrogen) atoms. The van der Waals surface area contributed by atoms with Crippen LogP contribution in [-0.4, -0.2) is 12.1 Å². The molecule has 0 fully saturated rings. The van der Waals surface area contributed by atoms with Gasteiger partial charge in [0.15, 0.2) is 0 Å². The van der Waals surface area contributed by atoms with E-state index in [0.29, 0.717) is 19.3 Å². The summed E-state index contributed by atoms with van der Waals surface area (Å²) in [7, 11) is 0. The van der Waals surface area contributed by atoms with Crippen molar-refractivity contribution in [3.05, 3.63) is 35.9 Å². The second kappa shape index (κ2) is 6.94. The maximum Gasteiger partial charge on any atom is 0.132 e. The highest BCUT2D eigenvalue weighted by atomic mass is 16.1. The van der Waals surface area contributed by atoms with E-state index in [-0.39, 0.29) is 11.7 Å². The van der Waals surface area contributed by atoms with Crippen molar-refractivity contribution in [2.75, 3.05) is 0 Å². The lowest BCUT2D eigenvalue weighted by Gasteiger charge is -2.09. The van der Waals surface area contributed by atoms with Crippen molar-refractivity contribution in [3.8, 4) is 0 Å². The maximum absolute atomic E-state index is 11.2. The van der Waals surface area contributed by atoms with E-state index in [1.165, 1.54) is 0 Å². The minimum atomic E-state index is -0.0297. The molecule has 1 atom stereocenters. The van der Waals surface area contributed by atoms with Gasteiger partial charge in [-0.25, -0.2) is 0 Å². The first-order chi connectivity index (χ1) is 7.76. The standard InChI is InChI=1S/C14H18O2/c1-2-14(16)9-8-13(11-15)10-12-6-4-3-5-7-12/h3-7,11,13H,2,8-10H2,1H3/t13-/m0/s1. The van der Waals surface area contributed by atoms with Gasteiger partial charge in [0.2, 0.25) is 0 Å². The van der Waals surface area contributed by atoms with E-state index in [9.17, 15) is 9.59 Å². The number of hydrogen-bond donors (Lipinski definition) is 0. The number of Topliss-reactive ketones (excluding diaryl/α,β-unsaturated/α-hetero) is 1. The molecule has 0 radical (unpaired) electrons. The van der Waals surface area contributed by atoms with Gasteiger partial charge in [0.1, 0.15) is 12.1 Å². The number of carbonyl (C=O) groups excluding carboxylic acids is 2. The van der Waals surface area contributed by atoms with Crippen LogP contribution in [0.1, 0.15) is 31.7 Å². The molecule has 2 heteroatoms. The number of hydrogen-bond acceptors (Lipinski definition) is 2. The molecule has 0 amide bonds. The lowest BCUT2D eigenvalue weighted by Crippen LogP contribution is -2.09. The van der Waals surface area contributed by atoms with E-state index >= 15 is 0 Å². The first kappa shape index (κ1) is 12.6. The predicted molar refractivity (Wildman–Crippen MR) is 64.2 cm³/mol. The predicted octanol–water partition coefficient (Wildman–Crippen LogP) is 2.80. The lowest BCUT2D eigenvalue weighted by atomic mass is 9.95. The topological polar surface area (TPSA) is 34.1 Å². The van der Waals surface area contributed by atoms with Crippen LogP contribution in [0.15, 0.2) is 30.3 Å². The molecule has 0 unspecified atom stereocenters. The fourth-order valence-electron chi connectivity index (χ4n) is 1.66. The largest absolute Gasteiger partial charge is 0.303 e. The first-order valence-corrected chi connectivity index (χ1v) is 5.77. The Morgan fingerprint density at radius 2 is 2.00 bits per heavy atom. The molecule has 0 aromatic heterocycles. The van der Waals surface area contributed by atoms with Crippen LogP contribution in [0.25, 0.3) is 0 Å². The molecule has 86 valence electrons. The molecule has 0 spiro atoms. The average Bonchev–Trinajstić information content (AvgIpc) is 2.35. The number of aldehydes is 1. The van der Waals surface area contributed by atoms with E-state index in [1.807, 2.05) is 37.3 Å². The Morgan fingerprint density at radius 3 is 2.56 bits per heavy atom. The molecule has 0 saturated carbocycles. The van der Waals surface area contributed by atoms with Gasteiger partial charge in [-0.15, -0.1) is 0 Å². The Hall–Kier alpha value is -1.44. The van der Waals surface area contributed by atoms with E-state index in [1.54, 1.807) is 0 Å². The van der Waals surface area contributed by atoms with Crippen LogP contribution >= 0.6 is 0 Å². The summed E-state index contributed by atoms with van der Waals surface area (Å²) >= 11 is 0. The van der Waals surface area contributed by atoms with Crippen LogP contribution in [0.4, 0.5) is 0 Å². The van der Waals surface area contributed by atoms with Crippen LogP contribution in [0.3, 0.4) is 0 Å². The van der Waals surface area contributed by atoms with E-state index < -0.39 is 0 Å². The molecule has 0 N–H and O–H groups in total. The summed E-state index contributed by atoms with van der Waals surface area (Å²) in [6, 6.07) is 9.92. The third-order valence-corrected chi connectivity index (χ3v) is 2.72. The molecule has 0 bridgehead atoms. The van der Waals surface area contributed by atoms with Gasteiger partial charge in [-0.3, -0.25) is 4.79 Å². The summed E-state index contributed by atoms with van der Waals surface area (Å²) in [6.07, 6.45) is 3.46. The molecular formula is C14H18O2. The van der Waals surface area contributed by atoms with Crippen LogP contribution in [0.2, 0.25) is 0 Å². The van der Waals surface area contributed by atoms with Crippen molar-refractivity contribution >= 4 is 12.1 Å². The van der Waals surface area contributed by atoms with Crippen LogP contribution in [0, 0.1) is 5.92 Å². The molecule has 1 aromatic carbocycles. The van der Waals surface area contributed by atoms with Crippen molar-refractivity contribution in [1.82, 2.24) is 0 Å². The highest BCUT2D eigenvalue weighted by molar-refractivity contribution is 5.78. The Kier molecular flexibility index (Phi) is 5.48. The quantitative estimate of drug-likeness (QED) is 0.659. The summed E-state index contributed by atoms with van der Waals surface area (Å²) < 4.78 is 0. The minimum absolute atomic E-state index is 0.0297. The summed E-state index contributed by atoms with van der Waals surface area (Å²) in [5.41, 5.74) is 1.16. The average molecular weight is 218 g/mol. The second-order valence-electron chi connectivity index (χ2n) is 4.02. The Bertz CT molecular complexity index is 330. The maximum atomic E-state index is 11.2. The van der Waals surface area contributed by atoms with Crippen molar-refractivity contribution in [1.29, 1.82) is 0 Å². The van der Waals surface area contributed by atoms with Crippen molar-refractivity contribution in [2.24, 2.45) is 5.92 Å². The molecule has 0 aliphatic carbocycles. The van der Waals surface area contributed by atoms with Gasteiger partial charge >= 0.3 is 0 Å². The number of rotatable bonds is 7. The third-order valence-electron chi connectivity index (χ3n) is 2.72. The molecule has 0 aliphatic rings. The van der Waals surface area contributed by atoms with Crippen molar-refractivity contribution in [2.45, 2.75) is 32.6 Å². The monoisotopic (exact) mass is 218 g/mol. The number of ketones is 1. The molecular weight excluding hydrogens is 200 g/mol. The normalized spacial score (nSPS) is 12.1. The summed E-state index contributed by atoms with van der Waals surface area (Å²) in [4.78, 5) is 22.1. The van der Waals surface area contributed by atoms with Crippen LogP contribution in [0.5, 0.6) is 0 Å². The van der Waals surface area contributed by atoms with E-state index in [4.69, 9.17) is 0 Å². The minimum Gasteiger partial charge on any atom is -0.303 e. The first-order valence-electron chi connectivity index (χ1n) is 5.77. The van der Waals surface area contributed by atoms with Gasteiger partial charge in [0, 0.05) is 18.8 Å². The zero-order valence-corrected chi connectivity index (χ0v) is 9.69. The number of benzene rings is 1. The highest BCUT2D eigenvalue weighted by Gasteiger charge is 2.10. The lowest BCUT2D eigenvalue weighted by molar-refractivity contribution is -0.119. The Morgan fingerprint density at radius 1 is 1.31 bits per heavy atom. The fourth-order valence-corrected chi connectivity index (χ4v) is 1.66. The van der Waals surface area contributed by atoms with Crippen molar-refractivity contribution in [3.63, 3.8) is 0 Å². The van der Waals surface area contributed by atoms with Gasteiger partial charge in [-0.2, -0.15) is 0 Å². The summed E-state index contributed by atoms with van der Waals surface area (Å²) in [5.74, 6) is 0.206. The Labute approximate surface area is 96.7 Å². The van der Waals surface area contributed by atoms with Gasteiger partial charge in [0.25, 0.3) is 0 Å². The molecule has 0 heterocycles. The van der Waals surface area contributed by atoms with E-state index in [0.717, 1.165) is 18.3 Å². The highest BCUT2D eigenvalue weighted by Crippen LogP contribution is 2.12. The van der Waals surface area contributed by atoms with E-state index in [2.05, 4.69) is 0 Å². The van der Waals surface area contributed by atoms with Gasteiger partial charge in [-0.1, -0.05) is 37.3 Å². The van der Waals surface area contributed by atoms with Crippen LogP contribution in [-0.2, 0) is 16.0 Å². The number of carbonyl (C=O) groups is 2. The van der Waals surface area contributed by atoms with Gasteiger partial charge < -0.3 is 4.79 Å².